The molecule has 0 spiro atoms. The van der Waals surface area contributed by atoms with E-state index in [0.717, 1.165) is 17.5 Å². The van der Waals surface area contributed by atoms with Crippen LogP contribution in [0.2, 0.25) is 0 Å². The third kappa shape index (κ3) is 3.76. The molecule has 0 bridgehead atoms. The monoisotopic (exact) mass is 322 g/mol. The average molecular weight is 322 g/mol. The van der Waals surface area contributed by atoms with Crippen LogP contribution in [0.4, 0.5) is 0 Å². The summed E-state index contributed by atoms with van der Waals surface area (Å²) in [5, 5.41) is 0.632. The van der Waals surface area contributed by atoms with Gasteiger partial charge in [-0.05, 0) is 18.4 Å². The normalized spacial score (nSPS) is 10.3. The van der Waals surface area contributed by atoms with Crippen molar-refractivity contribution < 1.29 is 9.53 Å². The molecule has 0 unspecified atom stereocenters. The van der Waals surface area contributed by atoms with Crippen LogP contribution < -0.4 is 4.74 Å². The third-order valence-corrected chi connectivity index (χ3v) is 3.70. The van der Waals surface area contributed by atoms with Crippen LogP contribution in [0.25, 0.3) is 11.3 Å². The van der Waals surface area contributed by atoms with Crippen LogP contribution in [-0.2, 0) is 0 Å². The number of hydrogen-bond acceptors (Lipinski definition) is 5. The van der Waals surface area contributed by atoms with Crippen molar-refractivity contribution in [2.45, 2.75) is 5.16 Å². The topological polar surface area (TPSA) is 52.1 Å². The van der Waals surface area contributed by atoms with Crippen LogP contribution >= 0.6 is 11.8 Å². The smallest absolute Gasteiger partial charge is 0.223 e. The van der Waals surface area contributed by atoms with Crippen molar-refractivity contribution in [1.29, 1.82) is 0 Å². The van der Waals surface area contributed by atoms with Gasteiger partial charge in [0, 0.05) is 17.2 Å². The number of carbonyl (C=O) groups excluding carboxylic acids is 1. The second-order valence-electron chi connectivity index (χ2n) is 4.74. The van der Waals surface area contributed by atoms with Gasteiger partial charge in [-0.15, -0.1) is 0 Å². The maximum absolute atomic E-state index is 10.9. The Kier molecular flexibility index (Phi) is 4.68. The number of ether oxygens (including phenoxy) is 1. The molecule has 0 amide bonds. The first-order valence-corrected chi connectivity index (χ1v) is 8.22. The highest BCUT2D eigenvalue weighted by atomic mass is 32.2. The fourth-order valence-corrected chi connectivity index (χ4v) is 2.45. The van der Waals surface area contributed by atoms with Gasteiger partial charge in [-0.25, -0.2) is 4.98 Å². The minimum atomic E-state index is 0.450. The number of thioether (sulfide) groups is 1. The molecule has 0 aliphatic heterocycles. The van der Waals surface area contributed by atoms with Crippen LogP contribution in [-0.4, -0.2) is 22.5 Å². The van der Waals surface area contributed by atoms with Crippen LogP contribution in [0.5, 0.6) is 11.6 Å². The fraction of sp³-hybridized carbons (Fsp3) is 0.0556. The van der Waals surface area contributed by atoms with Gasteiger partial charge < -0.3 is 4.74 Å². The number of benzene rings is 2. The molecule has 114 valence electrons. The lowest BCUT2D eigenvalue weighted by Gasteiger charge is -2.09. The van der Waals surface area contributed by atoms with Crippen molar-refractivity contribution in [2.24, 2.45) is 0 Å². The van der Waals surface area contributed by atoms with E-state index in [-0.39, 0.29) is 0 Å². The summed E-state index contributed by atoms with van der Waals surface area (Å²) in [7, 11) is 0. The van der Waals surface area contributed by atoms with E-state index in [1.54, 1.807) is 30.3 Å². The number of rotatable bonds is 5. The van der Waals surface area contributed by atoms with E-state index in [1.807, 2.05) is 36.6 Å². The molecular formula is C18H14N2O2S. The summed E-state index contributed by atoms with van der Waals surface area (Å²) in [5.74, 6) is 1.02. The van der Waals surface area contributed by atoms with Crippen molar-refractivity contribution in [3.63, 3.8) is 0 Å². The molecule has 0 aliphatic rings. The van der Waals surface area contributed by atoms with E-state index >= 15 is 0 Å². The Morgan fingerprint density at radius 2 is 1.83 bits per heavy atom. The number of aldehydes is 1. The quantitative estimate of drug-likeness (QED) is 0.394. The van der Waals surface area contributed by atoms with Crippen molar-refractivity contribution >= 4 is 18.0 Å². The maximum Gasteiger partial charge on any atom is 0.223 e. The highest BCUT2D eigenvalue weighted by molar-refractivity contribution is 7.98. The van der Waals surface area contributed by atoms with Gasteiger partial charge in [-0.3, -0.25) is 4.79 Å². The Balaban J connectivity index is 1.97. The molecular weight excluding hydrogens is 308 g/mol. The van der Waals surface area contributed by atoms with E-state index in [0.29, 0.717) is 22.3 Å². The maximum atomic E-state index is 10.9. The molecule has 1 aromatic heterocycles. The molecule has 0 atom stereocenters. The first-order chi connectivity index (χ1) is 11.3. The second kappa shape index (κ2) is 7.07. The molecule has 3 rings (SSSR count). The Morgan fingerprint density at radius 3 is 2.57 bits per heavy atom. The molecule has 0 N–H and O–H groups in total. The van der Waals surface area contributed by atoms with E-state index < -0.39 is 0 Å². The number of nitrogens with zero attached hydrogens (tertiary/aromatic N) is 2. The fourth-order valence-electron chi connectivity index (χ4n) is 2.08. The van der Waals surface area contributed by atoms with Crippen molar-refractivity contribution in [3.05, 3.63) is 66.2 Å². The molecule has 0 saturated heterocycles. The van der Waals surface area contributed by atoms with Crippen molar-refractivity contribution in [1.82, 2.24) is 9.97 Å². The first kappa shape index (κ1) is 15.2. The predicted octanol–water partition coefficient (Wildman–Crippen LogP) is 4.47. The second-order valence-corrected chi connectivity index (χ2v) is 5.51. The molecule has 5 heteroatoms. The van der Waals surface area contributed by atoms with Gasteiger partial charge >= 0.3 is 0 Å². The molecule has 23 heavy (non-hydrogen) atoms. The van der Waals surface area contributed by atoms with Gasteiger partial charge in [0.15, 0.2) is 5.16 Å². The third-order valence-electron chi connectivity index (χ3n) is 3.15. The molecule has 1 heterocycles. The van der Waals surface area contributed by atoms with Gasteiger partial charge in [0.25, 0.3) is 0 Å². The summed E-state index contributed by atoms with van der Waals surface area (Å²) in [6.45, 7) is 0. The highest BCUT2D eigenvalue weighted by Gasteiger charge is 2.08. The molecule has 0 fully saturated rings. The minimum Gasteiger partial charge on any atom is -0.439 e. The summed E-state index contributed by atoms with van der Waals surface area (Å²) < 4.78 is 5.80. The van der Waals surface area contributed by atoms with Crippen molar-refractivity contribution in [3.8, 4) is 22.9 Å². The van der Waals surface area contributed by atoms with Gasteiger partial charge in [-0.1, -0.05) is 54.2 Å². The first-order valence-electron chi connectivity index (χ1n) is 7.00. The molecule has 0 saturated carbocycles. The largest absolute Gasteiger partial charge is 0.439 e. The lowest BCUT2D eigenvalue weighted by molar-refractivity contribution is 0.112. The minimum absolute atomic E-state index is 0.450. The summed E-state index contributed by atoms with van der Waals surface area (Å²) in [4.78, 5) is 19.7. The average Bonchev–Trinajstić information content (AvgIpc) is 2.62. The van der Waals surface area contributed by atoms with E-state index in [2.05, 4.69) is 9.97 Å². The van der Waals surface area contributed by atoms with E-state index in [9.17, 15) is 4.79 Å². The van der Waals surface area contributed by atoms with Gasteiger partial charge in [-0.2, -0.15) is 4.98 Å². The molecule has 2 aromatic carbocycles. The zero-order valence-electron chi connectivity index (χ0n) is 12.5. The Labute approximate surface area is 138 Å². The summed E-state index contributed by atoms with van der Waals surface area (Å²) in [6.07, 6.45) is 2.70. The zero-order chi connectivity index (χ0) is 16.1. The number of hydrogen-bond donors (Lipinski definition) is 0. The Hall–Kier alpha value is -2.66. The number of aromatic nitrogens is 2. The SMILES string of the molecule is CSc1nc(Oc2cccc(C=O)c2)cc(-c2ccccc2)n1. The standard InChI is InChI=1S/C18H14N2O2S/c1-23-18-19-16(14-7-3-2-4-8-14)11-17(20-18)22-15-9-5-6-13(10-15)12-21/h2-12H,1H3. The predicted molar refractivity (Wildman–Crippen MR) is 91.2 cm³/mol. The lowest BCUT2D eigenvalue weighted by atomic mass is 10.1. The van der Waals surface area contributed by atoms with Gasteiger partial charge in [0.1, 0.15) is 12.0 Å². The molecule has 0 radical (unpaired) electrons. The highest BCUT2D eigenvalue weighted by Crippen LogP contribution is 2.27. The van der Waals surface area contributed by atoms with Gasteiger partial charge in [0.05, 0.1) is 5.69 Å². The van der Waals surface area contributed by atoms with Crippen LogP contribution in [0.1, 0.15) is 10.4 Å². The number of carbonyl (C=O) groups is 1. The molecule has 0 aliphatic carbocycles. The Bertz CT molecular complexity index is 822. The molecule has 3 aromatic rings. The van der Waals surface area contributed by atoms with Crippen LogP contribution in [0, 0.1) is 0 Å². The summed E-state index contributed by atoms with van der Waals surface area (Å²) in [5.41, 5.74) is 2.35. The van der Waals surface area contributed by atoms with Crippen LogP contribution in [0.3, 0.4) is 0 Å². The van der Waals surface area contributed by atoms with Crippen LogP contribution in [0.15, 0.2) is 65.8 Å². The van der Waals surface area contributed by atoms with E-state index in [4.69, 9.17) is 4.74 Å². The zero-order valence-corrected chi connectivity index (χ0v) is 13.3. The van der Waals surface area contributed by atoms with E-state index in [1.165, 1.54) is 11.8 Å². The van der Waals surface area contributed by atoms with Gasteiger partial charge in [0.2, 0.25) is 5.88 Å². The summed E-state index contributed by atoms with van der Waals surface area (Å²) in [6, 6.07) is 18.6. The Morgan fingerprint density at radius 1 is 1.00 bits per heavy atom. The lowest BCUT2D eigenvalue weighted by Crippen LogP contribution is -1.95. The summed E-state index contributed by atoms with van der Waals surface area (Å²) >= 11 is 1.45. The van der Waals surface area contributed by atoms with Crippen molar-refractivity contribution in [2.75, 3.05) is 6.26 Å². The molecule has 4 nitrogen and oxygen atoms in total.